The van der Waals surface area contributed by atoms with Gasteiger partial charge in [0, 0.05) is 22.8 Å². The fourth-order valence-electron chi connectivity index (χ4n) is 2.48. The molecule has 0 amide bonds. The topological polar surface area (TPSA) is 17.8 Å². The molecule has 2 nitrogen and oxygen atoms in total. The van der Waals surface area contributed by atoms with Crippen molar-refractivity contribution >= 4 is 32.8 Å². The van der Waals surface area contributed by atoms with Crippen molar-refractivity contribution in [1.29, 1.82) is 0 Å². The minimum Gasteiger partial charge on any atom is -0.333 e. The number of thiophene rings is 2. The predicted molar refractivity (Wildman–Crippen MR) is 92.1 cm³/mol. The molecule has 0 radical (unpaired) electrons. The molecular formula is C17H14N2S2. The van der Waals surface area contributed by atoms with Crippen molar-refractivity contribution in [3.8, 4) is 21.3 Å². The van der Waals surface area contributed by atoms with Crippen LogP contribution in [0.25, 0.3) is 31.4 Å². The van der Waals surface area contributed by atoms with E-state index in [1.165, 1.54) is 24.7 Å². The molecule has 3 heterocycles. The van der Waals surface area contributed by atoms with Gasteiger partial charge < -0.3 is 4.57 Å². The van der Waals surface area contributed by atoms with Crippen molar-refractivity contribution in [2.75, 3.05) is 0 Å². The Morgan fingerprint density at radius 3 is 2.62 bits per heavy atom. The molecular weight excluding hydrogens is 296 g/mol. The first-order valence-corrected chi connectivity index (χ1v) is 8.43. The number of hydrogen-bond donors (Lipinski definition) is 0. The first-order chi connectivity index (χ1) is 10.2. The van der Waals surface area contributed by atoms with E-state index in [1.807, 2.05) is 0 Å². The molecule has 0 aliphatic rings. The molecule has 104 valence electrons. The summed E-state index contributed by atoms with van der Waals surface area (Å²) >= 11 is 3.59. The van der Waals surface area contributed by atoms with Gasteiger partial charge in [-0.25, -0.2) is 4.98 Å². The van der Waals surface area contributed by atoms with Crippen LogP contribution in [0.1, 0.15) is 4.88 Å². The van der Waals surface area contributed by atoms with E-state index in [9.17, 15) is 0 Å². The maximum atomic E-state index is 4.84. The number of aromatic nitrogens is 2. The zero-order valence-corrected chi connectivity index (χ0v) is 13.5. The van der Waals surface area contributed by atoms with Crippen LogP contribution in [0.3, 0.4) is 0 Å². The lowest BCUT2D eigenvalue weighted by atomic mass is 10.2. The van der Waals surface area contributed by atoms with Crippen LogP contribution in [0.2, 0.25) is 0 Å². The van der Waals surface area contributed by atoms with E-state index in [-0.39, 0.29) is 0 Å². The summed E-state index contributed by atoms with van der Waals surface area (Å²) in [5.74, 6) is 1.04. The number of nitrogens with zero attached hydrogens (tertiary/aromatic N) is 2. The highest BCUT2D eigenvalue weighted by Gasteiger charge is 2.12. The Morgan fingerprint density at radius 2 is 1.86 bits per heavy atom. The summed E-state index contributed by atoms with van der Waals surface area (Å²) in [5, 5.41) is 1.29. The maximum Gasteiger partial charge on any atom is 0.150 e. The highest BCUT2D eigenvalue weighted by molar-refractivity contribution is 7.22. The van der Waals surface area contributed by atoms with E-state index >= 15 is 0 Å². The minimum atomic E-state index is 1.04. The number of imidazole rings is 1. The van der Waals surface area contributed by atoms with Crippen LogP contribution < -0.4 is 0 Å². The van der Waals surface area contributed by atoms with E-state index in [0.29, 0.717) is 0 Å². The lowest BCUT2D eigenvalue weighted by molar-refractivity contribution is 0.928. The van der Waals surface area contributed by atoms with Crippen LogP contribution in [0.15, 0.2) is 48.7 Å². The normalized spacial score (nSPS) is 11.3. The fourth-order valence-corrected chi connectivity index (χ4v) is 4.39. The Hall–Kier alpha value is -1.91. The first-order valence-electron chi connectivity index (χ1n) is 6.80. The van der Waals surface area contributed by atoms with Crippen LogP contribution in [0.4, 0.5) is 0 Å². The van der Waals surface area contributed by atoms with E-state index < -0.39 is 0 Å². The van der Waals surface area contributed by atoms with Gasteiger partial charge in [-0.1, -0.05) is 18.2 Å². The molecule has 0 saturated carbocycles. The molecule has 3 aromatic heterocycles. The van der Waals surface area contributed by atoms with Gasteiger partial charge in [-0.3, -0.25) is 0 Å². The van der Waals surface area contributed by atoms with Crippen molar-refractivity contribution in [1.82, 2.24) is 9.55 Å². The summed E-state index contributed by atoms with van der Waals surface area (Å²) in [7, 11) is 2.06. The molecule has 0 fully saturated rings. The van der Waals surface area contributed by atoms with Crippen LogP contribution >= 0.6 is 22.7 Å². The Bertz CT molecular complexity index is 894. The van der Waals surface area contributed by atoms with Gasteiger partial charge in [-0.15, -0.1) is 22.7 Å². The van der Waals surface area contributed by atoms with Crippen molar-refractivity contribution in [2.24, 2.45) is 7.05 Å². The molecule has 1 aromatic carbocycles. The fraction of sp³-hybridized carbons (Fsp3) is 0.118. The van der Waals surface area contributed by atoms with Crippen LogP contribution in [0, 0.1) is 6.92 Å². The molecule has 4 heteroatoms. The zero-order chi connectivity index (χ0) is 14.4. The second kappa shape index (κ2) is 4.83. The Balaban J connectivity index is 1.82. The van der Waals surface area contributed by atoms with Crippen LogP contribution in [-0.2, 0) is 7.05 Å². The quantitative estimate of drug-likeness (QED) is 0.489. The van der Waals surface area contributed by atoms with Gasteiger partial charge >= 0.3 is 0 Å². The molecule has 0 unspecified atom stereocenters. The standard InChI is InChI=1S/C17H14N2S2/c1-11-7-8-15(20-11)17-18-13(10-19(17)2)16-9-12-5-3-4-6-14(12)21-16/h3-10H,1-2H3. The van der Waals surface area contributed by atoms with Crippen molar-refractivity contribution in [3.63, 3.8) is 0 Å². The second-order valence-electron chi connectivity index (χ2n) is 5.12. The Morgan fingerprint density at radius 1 is 1.00 bits per heavy atom. The SMILES string of the molecule is Cc1ccc(-c2nc(-c3cc4ccccc4s3)cn2C)s1. The summed E-state index contributed by atoms with van der Waals surface area (Å²) < 4.78 is 3.43. The van der Waals surface area contributed by atoms with E-state index in [4.69, 9.17) is 4.98 Å². The molecule has 4 rings (SSSR count). The van der Waals surface area contributed by atoms with Crippen LogP contribution in [-0.4, -0.2) is 9.55 Å². The average molecular weight is 310 g/mol. The van der Waals surface area contributed by atoms with E-state index in [2.05, 4.69) is 67.2 Å². The molecule has 0 atom stereocenters. The third-order valence-electron chi connectivity index (χ3n) is 3.52. The summed E-state index contributed by atoms with van der Waals surface area (Å²) in [6, 6.07) is 15.0. The summed E-state index contributed by atoms with van der Waals surface area (Å²) in [4.78, 5) is 8.61. The van der Waals surface area contributed by atoms with Crippen molar-refractivity contribution < 1.29 is 0 Å². The molecule has 0 spiro atoms. The number of rotatable bonds is 2. The lowest BCUT2D eigenvalue weighted by Crippen LogP contribution is -1.87. The smallest absolute Gasteiger partial charge is 0.150 e. The summed E-state index contributed by atoms with van der Waals surface area (Å²) in [6.07, 6.45) is 2.12. The highest BCUT2D eigenvalue weighted by Crippen LogP contribution is 2.35. The second-order valence-corrected chi connectivity index (χ2v) is 7.49. The Labute approximate surface area is 131 Å². The van der Waals surface area contributed by atoms with E-state index in [0.717, 1.165) is 11.5 Å². The molecule has 0 aliphatic carbocycles. The molecule has 0 N–H and O–H groups in total. The van der Waals surface area contributed by atoms with Gasteiger partial charge in [0.2, 0.25) is 0 Å². The third kappa shape index (κ3) is 2.20. The first kappa shape index (κ1) is 12.8. The lowest BCUT2D eigenvalue weighted by Gasteiger charge is -1.95. The molecule has 0 aliphatic heterocycles. The van der Waals surface area contributed by atoms with Gasteiger partial charge in [-0.05, 0) is 36.6 Å². The molecule has 21 heavy (non-hydrogen) atoms. The largest absolute Gasteiger partial charge is 0.333 e. The van der Waals surface area contributed by atoms with Crippen LogP contribution in [0.5, 0.6) is 0 Å². The highest BCUT2D eigenvalue weighted by atomic mass is 32.1. The third-order valence-corrected chi connectivity index (χ3v) is 5.65. The van der Waals surface area contributed by atoms with Crippen molar-refractivity contribution in [2.45, 2.75) is 6.92 Å². The number of benzene rings is 1. The van der Waals surface area contributed by atoms with Gasteiger partial charge in [0.05, 0.1) is 15.4 Å². The molecule has 0 bridgehead atoms. The van der Waals surface area contributed by atoms with Gasteiger partial charge in [0.1, 0.15) is 0 Å². The van der Waals surface area contributed by atoms with Gasteiger partial charge in [-0.2, -0.15) is 0 Å². The zero-order valence-electron chi connectivity index (χ0n) is 11.8. The molecule has 4 aromatic rings. The molecule has 0 saturated heterocycles. The summed E-state index contributed by atoms with van der Waals surface area (Å²) in [6.45, 7) is 2.13. The number of hydrogen-bond acceptors (Lipinski definition) is 3. The minimum absolute atomic E-state index is 1.04. The van der Waals surface area contributed by atoms with Crippen molar-refractivity contribution in [3.05, 3.63) is 53.5 Å². The van der Waals surface area contributed by atoms with Gasteiger partial charge in [0.15, 0.2) is 5.82 Å². The van der Waals surface area contributed by atoms with E-state index in [1.54, 1.807) is 22.7 Å². The monoisotopic (exact) mass is 310 g/mol. The maximum absolute atomic E-state index is 4.84. The average Bonchev–Trinajstić information content (AvgIpc) is 3.15. The summed E-state index contributed by atoms with van der Waals surface area (Å²) in [5.41, 5.74) is 1.06. The number of fused-ring (bicyclic) bond motifs is 1. The van der Waals surface area contributed by atoms with Gasteiger partial charge in [0.25, 0.3) is 0 Å². The Kier molecular flexibility index (Phi) is 2.94. The number of aryl methyl sites for hydroxylation is 2. The predicted octanol–water partition coefficient (Wildman–Crippen LogP) is 5.34.